The Balaban J connectivity index is 1.82. The van der Waals surface area contributed by atoms with Crippen LogP contribution in [0.2, 0.25) is 0 Å². The third kappa shape index (κ3) is 4.52. The molecule has 3 aromatic rings. The number of carbonyl (C=O) groups is 1. The zero-order valence-electron chi connectivity index (χ0n) is 14.4. The van der Waals surface area contributed by atoms with E-state index in [4.69, 9.17) is 4.74 Å². The molecule has 3 aromatic carbocycles. The van der Waals surface area contributed by atoms with E-state index in [1.54, 1.807) is 24.3 Å². The summed E-state index contributed by atoms with van der Waals surface area (Å²) in [4.78, 5) is 11.7. The lowest BCUT2D eigenvalue weighted by Crippen LogP contribution is -2.17. The van der Waals surface area contributed by atoms with Crippen LogP contribution in [0.5, 0.6) is 0 Å². The Morgan fingerprint density at radius 1 is 0.929 bits per heavy atom. The lowest BCUT2D eigenvalue weighted by molar-refractivity contribution is 0.0474. The summed E-state index contributed by atoms with van der Waals surface area (Å²) in [6.45, 7) is 0.00729. The molecule has 144 valence electrons. The molecule has 0 aromatic heterocycles. The lowest BCUT2D eigenvalue weighted by Gasteiger charge is -2.13. The molecule has 5 nitrogen and oxygen atoms in total. The topological polar surface area (TPSA) is 72.5 Å². The van der Waals surface area contributed by atoms with Gasteiger partial charge in [-0.1, -0.05) is 42.5 Å². The predicted molar refractivity (Wildman–Crippen MR) is 99.2 cm³/mol. The lowest BCUT2D eigenvalue weighted by atomic mass is 10.2. The van der Waals surface area contributed by atoms with E-state index < -0.39 is 32.5 Å². The van der Waals surface area contributed by atoms with Crippen molar-refractivity contribution in [2.45, 2.75) is 11.5 Å². The minimum Gasteiger partial charge on any atom is -0.457 e. The number of benzene rings is 3. The highest BCUT2D eigenvalue weighted by Crippen LogP contribution is 2.23. The van der Waals surface area contributed by atoms with Gasteiger partial charge in [-0.3, -0.25) is 4.72 Å². The first-order valence-electron chi connectivity index (χ1n) is 8.15. The van der Waals surface area contributed by atoms with E-state index in [0.29, 0.717) is 6.07 Å². The molecular weight excluding hydrogens is 388 g/mol. The number of sulfonamides is 1. The van der Waals surface area contributed by atoms with E-state index in [1.165, 1.54) is 24.3 Å². The van der Waals surface area contributed by atoms with Crippen LogP contribution in [0.4, 0.5) is 14.5 Å². The molecule has 0 aliphatic heterocycles. The van der Waals surface area contributed by atoms with Crippen LogP contribution in [-0.4, -0.2) is 14.4 Å². The number of para-hydroxylation sites is 1. The number of ether oxygens (including phenoxy) is 1. The third-order valence-electron chi connectivity index (χ3n) is 3.79. The van der Waals surface area contributed by atoms with Crippen LogP contribution in [0.15, 0.2) is 77.7 Å². The van der Waals surface area contributed by atoms with Gasteiger partial charge in [-0.15, -0.1) is 0 Å². The quantitative estimate of drug-likeness (QED) is 0.629. The molecule has 0 aliphatic carbocycles. The Morgan fingerprint density at radius 2 is 1.61 bits per heavy atom. The second-order valence-electron chi connectivity index (χ2n) is 5.79. The van der Waals surface area contributed by atoms with E-state index >= 15 is 0 Å². The average molecular weight is 403 g/mol. The molecule has 8 heteroatoms. The second-order valence-corrected chi connectivity index (χ2v) is 7.44. The summed E-state index contributed by atoms with van der Waals surface area (Å²) in [6, 6.07) is 16.8. The molecule has 0 heterocycles. The van der Waals surface area contributed by atoms with Crippen LogP contribution >= 0.6 is 0 Å². The maximum Gasteiger partial charge on any atom is 0.340 e. The zero-order chi connectivity index (χ0) is 20.1. The summed E-state index contributed by atoms with van der Waals surface area (Å²) >= 11 is 0. The van der Waals surface area contributed by atoms with E-state index in [0.717, 1.165) is 17.7 Å². The van der Waals surface area contributed by atoms with Gasteiger partial charge in [-0.2, -0.15) is 0 Å². The van der Waals surface area contributed by atoms with Gasteiger partial charge in [0.2, 0.25) is 0 Å². The van der Waals surface area contributed by atoms with E-state index in [2.05, 4.69) is 4.72 Å². The van der Waals surface area contributed by atoms with E-state index in [9.17, 15) is 22.0 Å². The van der Waals surface area contributed by atoms with Crippen molar-refractivity contribution in [1.29, 1.82) is 0 Å². The Bertz CT molecular complexity index is 1100. The molecule has 3 rings (SSSR count). The van der Waals surface area contributed by atoms with Gasteiger partial charge < -0.3 is 4.74 Å². The Kier molecular flexibility index (Phi) is 5.70. The van der Waals surface area contributed by atoms with Crippen molar-refractivity contribution in [3.05, 3.63) is 95.6 Å². The summed E-state index contributed by atoms with van der Waals surface area (Å²) in [5.74, 6) is -2.89. The maximum absolute atomic E-state index is 13.9. The smallest absolute Gasteiger partial charge is 0.340 e. The van der Waals surface area contributed by atoms with Crippen LogP contribution in [0.1, 0.15) is 15.9 Å². The second kappa shape index (κ2) is 8.18. The van der Waals surface area contributed by atoms with Crippen molar-refractivity contribution in [3.8, 4) is 0 Å². The minimum atomic E-state index is -4.38. The van der Waals surface area contributed by atoms with Crippen LogP contribution in [0, 0.1) is 11.6 Å². The number of nitrogens with one attached hydrogen (secondary N) is 1. The van der Waals surface area contributed by atoms with Gasteiger partial charge in [0.15, 0.2) is 0 Å². The monoisotopic (exact) mass is 403 g/mol. The number of halogens is 2. The number of carbonyl (C=O) groups excluding carboxylic acids is 1. The first kappa shape index (κ1) is 19.5. The van der Waals surface area contributed by atoms with Crippen LogP contribution < -0.4 is 4.72 Å². The zero-order valence-corrected chi connectivity index (χ0v) is 15.2. The number of rotatable bonds is 6. The van der Waals surface area contributed by atoms with Gasteiger partial charge >= 0.3 is 5.97 Å². The van der Waals surface area contributed by atoms with Crippen molar-refractivity contribution in [1.82, 2.24) is 0 Å². The number of anilines is 1. The number of hydrogen-bond acceptors (Lipinski definition) is 4. The van der Waals surface area contributed by atoms with Crippen molar-refractivity contribution >= 4 is 21.7 Å². The molecule has 0 fully saturated rings. The molecule has 0 amide bonds. The fourth-order valence-corrected chi connectivity index (χ4v) is 3.58. The van der Waals surface area contributed by atoms with Crippen molar-refractivity contribution in [2.24, 2.45) is 0 Å². The minimum absolute atomic E-state index is 0.00729. The van der Waals surface area contributed by atoms with E-state index in [1.807, 2.05) is 6.07 Å². The van der Waals surface area contributed by atoms with Crippen LogP contribution in [0.25, 0.3) is 0 Å². The predicted octanol–water partition coefficient (Wildman–Crippen LogP) is 4.12. The fraction of sp³-hybridized carbons (Fsp3) is 0.0500. The van der Waals surface area contributed by atoms with Crippen molar-refractivity contribution in [3.63, 3.8) is 0 Å². The van der Waals surface area contributed by atoms with Crippen molar-refractivity contribution in [2.75, 3.05) is 4.72 Å². The molecule has 0 spiro atoms. The average Bonchev–Trinajstić information content (AvgIpc) is 2.66. The molecule has 0 radical (unpaired) electrons. The molecule has 0 unspecified atom stereocenters. The standard InChI is InChI=1S/C20H15F2NO4S/c21-15-10-11-19(17(22)12-15)28(25,26)23-18-9-5-4-8-16(18)20(24)27-13-14-6-2-1-3-7-14/h1-12,23H,13H2. The summed E-state index contributed by atoms with van der Waals surface area (Å²) in [6.07, 6.45) is 0. The van der Waals surface area contributed by atoms with Gasteiger partial charge in [0.25, 0.3) is 10.0 Å². The van der Waals surface area contributed by atoms with Crippen molar-refractivity contribution < 1.29 is 26.7 Å². The molecule has 0 atom stereocenters. The number of hydrogen-bond donors (Lipinski definition) is 1. The molecule has 28 heavy (non-hydrogen) atoms. The Morgan fingerprint density at radius 3 is 2.32 bits per heavy atom. The van der Waals surface area contributed by atoms with Crippen LogP contribution in [0.3, 0.4) is 0 Å². The molecule has 0 saturated carbocycles. The fourth-order valence-electron chi connectivity index (χ4n) is 2.44. The highest BCUT2D eigenvalue weighted by atomic mass is 32.2. The molecule has 0 bridgehead atoms. The summed E-state index contributed by atoms with van der Waals surface area (Å²) in [5, 5.41) is 0. The normalized spacial score (nSPS) is 11.1. The van der Waals surface area contributed by atoms with E-state index in [-0.39, 0.29) is 17.9 Å². The first-order valence-corrected chi connectivity index (χ1v) is 9.63. The van der Waals surface area contributed by atoms with Crippen LogP contribution in [-0.2, 0) is 21.4 Å². The number of esters is 1. The van der Waals surface area contributed by atoms with Gasteiger partial charge in [-0.05, 0) is 29.8 Å². The third-order valence-corrected chi connectivity index (χ3v) is 5.19. The SMILES string of the molecule is O=C(OCc1ccccc1)c1ccccc1NS(=O)(=O)c1ccc(F)cc1F. The van der Waals surface area contributed by atoms with Gasteiger partial charge in [0, 0.05) is 6.07 Å². The highest BCUT2D eigenvalue weighted by Gasteiger charge is 2.22. The Labute approximate surface area is 160 Å². The maximum atomic E-state index is 13.9. The summed E-state index contributed by atoms with van der Waals surface area (Å²) < 4.78 is 59.2. The molecule has 0 aliphatic rings. The van der Waals surface area contributed by atoms with Gasteiger partial charge in [-0.25, -0.2) is 22.0 Å². The largest absolute Gasteiger partial charge is 0.457 e. The molecule has 1 N–H and O–H groups in total. The highest BCUT2D eigenvalue weighted by molar-refractivity contribution is 7.92. The Hall–Kier alpha value is -3.26. The van der Waals surface area contributed by atoms with Gasteiger partial charge in [0.1, 0.15) is 23.1 Å². The van der Waals surface area contributed by atoms with Gasteiger partial charge in [0.05, 0.1) is 11.3 Å². The first-order chi connectivity index (χ1) is 13.4. The summed E-state index contributed by atoms with van der Waals surface area (Å²) in [7, 11) is -4.38. The molecule has 0 saturated heterocycles. The molecular formula is C20H15F2NO4S. The summed E-state index contributed by atoms with van der Waals surface area (Å²) in [5.41, 5.74) is 0.649.